The average molecular weight is 400 g/mol. The van der Waals surface area contributed by atoms with Crippen molar-refractivity contribution in [2.45, 2.75) is 13.8 Å². The Labute approximate surface area is 168 Å². The fraction of sp³-hybridized carbons (Fsp3) is 0.318. The molecule has 0 aliphatic heterocycles. The molecule has 7 heteroatoms. The van der Waals surface area contributed by atoms with E-state index in [2.05, 4.69) is 0 Å². The van der Waals surface area contributed by atoms with E-state index in [9.17, 15) is 4.79 Å². The molecule has 2 aromatic carbocycles. The average Bonchev–Trinajstić information content (AvgIpc) is 2.74. The highest BCUT2D eigenvalue weighted by atomic mass is 16.5. The van der Waals surface area contributed by atoms with Gasteiger partial charge in [-0.05, 0) is 37.6 Å². The number of hydrogen-bond donors (Lipinski definition) is 0. The molecule has 0 bridgehead atoms. The molecule has 0 fully saturated rings. The number of rotatable bonds is 6. The van der Waals surface area contributed by atoms with Crippen LogP contribution in [0.15, 0.2) is 27.4 Å². The third-order valence-corrected chi connectivity index (χ3v) is 5.01. The molecule has 0 atom stereocenters. The first-order valence-corrected chi connectivity index (χ1v) is 8.91. The first kappa shape index (κ1) is 20.4. The lowest BCUT2D eigenvalue weighted by atomic mass is 10.0. The second-order valence-corrected chi connectivity index (χ2v) is 6.38. The Morgan fingerprint density at radius 1 is 0.724 bits per heavy atom. The fourth-order valence-corrected chi connectivity index (χ4v) is 3.44. The van der Waals surface area contributed by atoms with Crippen LogP contribution < -0.4 is 29.1 Å². The molecular formula is C22H24O7. The summed E-state index contributed by atoms with van der Waals surface area (Å²) >= 11 is 0. The van der Waals surface area contributed by atoms with Crippen molar-refractivity contribution < 1.29 is 28.1 Å². The molecule has 0 amide bonds. The van der Waals surface area contributed by atoms with E-state index in [4.69, 9.17) is 28.1 Å². The number of fused-ring (bicyclic) bond motifs is 1. The summed E-state index contributed by atoms with van der Waals surface area (Å²) in [7, 11) is 7.56. The van der Waals surface area contributed by atoms with Gasteiger partial charge in [-0.2, -0.15) is 0 Å². The van der Waals surface area contributed by atoms with E-state index >= 15 is 0 Å². The Hall–Kier alpha value is -3.35. The second-order valence-electron chi connectivity index (χ2n) is 6.38. The highest BCUT2D eigenvalue weighted by molar-refractivity contribution is 5.94. The summed E-state index contributed by atoms with van der Waals surface area (Å²) in [6.07, 6.45) is 0. The zero-order chi connectivity index (χ0) is 21.3. The maximum Gasteiger partial charge on any atom is 0.239 e. The van der Waals surface area contributed by atoms with Crippen LogP contribution in [-0.4, -0.2) is 35.5 Å². The molecule has 0 unspecified atom stereocenters. The zero-order valence-electron chi connectivity index (χ0n) is 17.6. The lowest BCUT2D eigenvalue weighted by molar-refractivity contribution is 0.355. The van der Waals surface area contributed by atoms with E-state index in [1.54, 1.807) is 25.3 Å². The van der Waals surface area contributed by atoms with Crippen molar-refractivity contribution in [3.05, 3.63) is 39.5 Å². The molecule has 29 heavy (non-hydrogen) atoms. The van der Waals surface area contributed by atoms with Crippen molar-refractivity contribution in [3.63, 3.8) is 0 Å². The van der Waals surface area contributed by atoms with Crippen molar-refractivity contribution in [1.29, 1.82) is 0 Å². The van der Waals surface area contributed by atoms with Gasteiger partial charge < -0.3 is 28.1 Å². The summed E-state index contributed by atoms with van der Waals surface area (Å²) in [4.78, 5) is 13.4. The second kappa shape index (κ2) is 7.95. The molecule has 0 spiro atoms. The van der Waals surface area contributed by atoms with Crippen molar-refractivity contribution >= 4 is 11.0 Å². The van der Waals surface area contributed by atoms with E-state index in [1.807, 2.05) is 13.8 Å². The SMILES string of the molecule is COc1ccc(-c2oc3c(OC)c(C)c(C)c(OC)c3c(=O)c2OC)cc1OC. The molecule has 0 aliphatic rings. The normalized spacial score (nSPS) is 10.7. The van der Waals surface area contributed by atoms with Gasteiger partial charge in [0.05, 0.1) is 35.5 Å². The van der Waals surface area contributed by atoms with Gasteiger partial charge in [-0.25, -0.2) is 0 Å². The molecule has 154 valence electrons. The van der Waals surface area contributed by atoms with Crippen LogP contribution >= 0.6 is 0 Å². The van der Waals surface area contributed by atoms with Gasteiger partial charge in [0.2, 0.25) is 11.2 Å². The van der Waals surface area contributed by atoms with Crippen LogP contribution in [0, 0.1) is 13.8 Å². The third-order valence-electron chi connectivity index (χ3n) is 5.01. The molecule has 3 aromatic rings. The van der Waals surface area contributed by atoms with Crippen LogP contribution in [0.4, 0.5) is 0 Å². The predicted octanol–water partition coefficient (Wildman–Crippen LogP) is 4.12. The monoisotopic (exact) mass is 400 g/mol. The Morgan fingerprint density at radius 2 is 1.31 bits per heavy atom. The first-order chi connectivity index (χ1) is 13.9. The van der Waals surface area contributed by atoms with Crippen LogP contribution in [0.3, 0.4) is 0 Å². The maximum atomic E-state index is 13.4. The van der Waals surface area contributed by atoms with Crippen molar-refractivity contribution in [3.8, 4) is 40.1 Å². The minimum Gasteiger partial charge on any atom is -0.496 e. The summed E-state index contributed by atoms with van der Waals surface area (Å²) in [5.41, 5.74) is 2.16. The topological polar surface area (TPSA) is 76.4 Å². The van der Waals surface area contributed by atoms with E-state index in [0.29, 0.717) is 34.1 Å². The number of ether oxygens (including phenoxy) is 5. The highest BCUT2D eigenvalue weighted by Crippen LogP contribution is 2.43. The summed E-state index contributed by atoms with van der Waals surface area (Å²) in [5, 5.41) is 0.272. The third kappa shape index (κ3) is 3.12. The molecule has 3 rings (SSSR count). The summed E-state index contributed by atoms with van der Waals surface area (Å²) in [6.45, 7) is 3.75. The van der Waals surface area contributed by atoms with Crippen LogP contribution in [0.5, 0.6) is 28.7 Å². The minimum atomic E-state index is -0.350. The van der Waals surface area contributed by atoms with Crippen LogP contribution in [-0.2, 0) is 0 Å². The Morgan fingerprint density at radius 3 is 1.86 bits per heavy atom. The molecular weight excluding hydrogens is 376 g/mol. The highest BCUT2D eigenvalue weighted by Gasteiger charge is 2.26. The van der Waals surface area contributed by atoms with Crippen molar-refractivity contribution in [1.82, 2.24) is 0 Å². The predicted molar refractivity (Wildman–Crippen MR) is 110 cm³/mol. The Balaban J connectivity index is 2.47. The molecule has 0 N–H and O–H groups in total. The minimum absolute atomic E-state index is 0.0633. The maximum absolute atomic E-state index is 13.4. The standard InChI is InChI=1S/C22H24O7/c1-11-12(2)19(27-6)21-16(18(11)26-5)17(23)22(28-7)20(29-21)13-8-9-14(24-3)15(10-13)25-4/h8-10H,1-7H3. The van der Waals surface area contributed by atoms with Gasteiger partial charge in [-0.1, -0.05) is 0 Å². The molecule has 0 aliphatic carbocycles. The van der Waals surface area contributed by atoms with E-state index in [0.717, 1.165) is 11.1 Å². The fourth-order valence-electron chi connectivity index (χ4n) is 3.44. The molecule has 0 saturated carbocycles. The quantitative estimate of drug-likeness (QED) is 0.616. The summed E-state index contributed by atoms with van der Waals surface area (Å²) in [5.74, 6) is 2.29. The van der Waals surface area contributed by atoms with Crippen molar-refractivity contribution in [2.75, 3.05) is 35.5 Å². The Bertz CT molecular complexity index is 1130. The van der Waals surface area contributed by atoms with Gasteiger partial charge in [0, 0.05) is 11.1 Å². The zero-order valence-corrected chi connectivity index (χ0v) is 17.6. The van der Waals surface area contributed by atoms with Crippen LogP contribution in [0.2, 0.25) is 0 Å². The van der Waals surface area contributed by atoms with E-state index in [-0.39, 0.29) is 22.3 Å². The van der Waals surface area contributed by atoms with Crippen molar-refractivity contribution in [2.24, 2.45) is 0 Å². The number of hydrogen-bond acceptors (Lipinski definition) is 7. The first-order valence-electron chi connectivity index (χ1n) is 8.91. The smallest absolute Gasteiger partial charge is 0.239 e. The summed E-state index contributed by atoms with van der Waals surface area (Å²) < 4.78 is 33.4. The van der Waals surface area contributed by atoms with Gasteiger partial charge in [0.1, 0.15) is 11.1 Å². The number of benzene rings is 2. The molecule has 1 aromatic heterocycles. The lowest BCUT2D eigenvalue weighted by Crippen LogP contribution is -2.11. The van der Waals surface area contributed by atoms with Gasteiger partial charge in [-0.3, -0.25) is 4.79 Å². The molecule has 0 radical (unpaired) electrons. The van der Waals surface area contributed by atoms with Crippen LogP contribution in [0.1, 0.15) is 11.1 Å². The number of methoxy groups -OCH3 is 5. The molecule has 7 nitrogen and oxygen atoms in total. The van der Waals surface area contributed by atoms with Gasteiger partial charge in [0.15, 0.2) is 28.6 Å². The lowest BCUT2D eigenvalue weighted by Gasteiger charge is -2.17. The summed E-state index contributed by atoms with van der Waals surface area (Å²) in [6, 6.07) is 5.21. The Kier molecular flexibility index (Phi) is 5.59. The van der Waals surface area contributed by atoms with Gasteiger partial charge >= 0.3 is 0 Å². The largest absolute Gasteiger partial charge is 0.496 e. The van der Waals surface area contributed by atoms with E-state index in [1.165, 1.54) is 28.4 Å². The van der Waals surface area contributed by atoms with Gasteiger partial charge in [-0.15, -0.1) is 0 Å². The van der Waals surface area contributed by atoms with E-state index < -0.39 is 0 Å². The van der Waals surface area contributed by atoms with Crippen LogP contribution in [0.25, 0.3) is 22.3 Å². The molecule has 0 saturated heterocycles. The van der Waals surface area contributed by atoms with Gasteiger partial charge in [0.25, 0.3) is 0 Å². The molecule has 1 heterocycles.